The molecule has 1 amide bonds. The van der Waals surface area contributed by atoms with E-state index in [9.17, 15) is 14.7 Å². The summed E-state index contributed by atoms with van der Waals surface area (Å²) >= 11 is 4.19. The van der Waals surface area contributed by atoms with E-state index < -0.39 is 17.3 Å². The molecule has 23 heavy (non-hydrogen) atoms. The Labute approximate surface area is 141 Å². The third kappa shape index (κ3) is 4.36. The molecule has 0 fully saturated rings. The molecule has 0 bridgehead atoms. The first kappa shape index (κ1) is 17.1. The Kier molecular flexibility index (Phi) is 5.82. The maximum absolute atomic E-state index is 12.6. The minimum atomic E-state index is -1.04. The minimum Gasteiger partial charge on any atom is -0.480 e. The fourth-order valence-electron chi connectivity index (χ4n) is 2.38. The van der Waals surface area contributed by atoms with E-state index in [0.717, 1.165) is 5.56 Å². The van der Waals surface area contributed by atoms with Gasteiger partial charge in [0.25, 0.3) is 0 Å². The zero-order chi connectivity index (χ0) is 16.8. The van der Waals surface area contributed by atoms with Crippen molar-refractivity contribution in [3.63, 3.8) is 0 Å². The van der Waals surface area contributed by atoms with E-state index in [1.807, 2.05) is 36.4 Å². The molecule has 120 valence electrons. The van der Waals surface area contributed by atoms with Gasteiger partial charge >= 0.3 is 5.97 Å². The molecule has 0 saturated carbocycles. The molecule has 2 aromatic rings. The van der Waals surface area contributed by atoms with Gasteiger partial charge in [0.1, 0.15) is 6.04 Å². The quantitative estimate of drug-likeness (QED) is 0.801. The number of carboxylic acid groups (broad SMARTS) is 1. The molecule has 1 unspecified atom stereocenters. The van der Waals surface area contributed by atoms with Crippen molar-refractivity contribution in [1.29, 1.82) is 0 Å². The monoisotopic (exact) mass is 329 g/mol. The van der Waals surface area contributed by atoms with Crippen LogP contribution in [0.1, 0.15) is 12.5 Å². The predicted molar refractivity (Wildman–Crippen MR) is 93.9 cm³/mol. The summed E-state index contributed by atoms with van der Waals surface area (Å²) in [6.45, 7) is 1.64. The largest absolute Gasteiger partial charge is 0.480 e. The van der Waals surface area contributed by atoms with Gasteiger partial charge in [-0.3, -0.25) is 9.69 Å². The summed E-state index contributed by atoms with van der Waals surface area (Å²) < 4.78 is 0. The van der Waals surface area contributed by atoms with E-state index >= 15 is 0 Å². The Morgan fingerprint density at radius 3 is 2.04 bits per heavy atom. The van der Waals surface area contributed by atoms with Crippen molar-refractivity contribution < 1.29 is 14.7 Å². The van der Waals surface area contributed by atoms with Crippen LogP contribution in [0, 0.1) is 0 Å². The molecule has 0 aliphatic carbocycles. The summed E-state index contributed by atoms with van der Waals surface area (Å²) in [6, 6.07) is 17.1. The fourth-order valence-corrected chi connectivity index (χ4v) is 2.50. The van der Waals surface area contributed by atoms with Gasteiger partial charge in [0.2, 0.25) is 5.91 Å². The molecule has 2 aromatic carbocycles. The number of amides is 1. The summed E-state index contributed by atoms with van der Waals surface area (Å²) in [7, 11) is 0. The lowest BCUT2D eigenvalue weighted by Gasteiger charge is -2.30. The number of hydrogen-bond acceptors (Lipinski definition) is 3. The van der Waals surface area contributed by atoms with Crippen LogP contribution in [0.4, 0.5) is 5.69 Å². The molecule has 0 aliphatic rings. The summed E-state index contributed by atoms with van der Waals surface area (Å²) in [5.74, 6) is -1.37. The normalized spacial score (nSPS) is 13.1. The number of nitrogens with zero attached hydrogens (tertiary/aromatic N) is 1. The van der Waals surface area contributed by atoms with Gasteiger partial charge in [0, 0.05) is 12.1 Å². The number of thiol groups is 1. The number of carbonyl (C=O) groups is 2. The molecule has 2 atom stereocenters. The smallest absolute Gasteiger partial charge is 0.327 e. The van der Waals surface area contributed by atoms with E-state index in [4.69, 9.17) is 0 Å². The van der Waals surface area contributed by atoms with Gasteiger partial charge in [-0.05, 0) is 24.6 Å². The highest BCUT2D eigenvalue weighted by Crippen LogP contribution is 2.22. The van der Waals surface area contributed by atoms with Crippen LogP contribution in [-0.2, 0) is 16.0 Å². The van der Waals surface area contributed by atoms with Crippen LogP contribution in [0.5, 0.6) is 0 Å². The molecule has 0 heterocycles. The molecule has 0 radical (unpaired) electrons. The maximum atomic E-state index is 12.6. The molecule has 0 aromatic heterocycles. The first-order chi connectivity index (χ1) is 11.0. The zero-order valence-corrected chi connectivity index (χ0v) is 13.7. The second-order valence-electron chi connectivity index (χ2n) is 5.26. The van der Waals surface area contributed by atoms with E-state index in [1.54, 1.807) is 31.2 Å². The zero-order valence-electron chi connectivity index (χ0n) is 12.8. The number of aliphatic carboxylic acids is 1. The van der Waals surface area contributed by atoms with Gasteiger partial charge < -0.3 is 5.11 Å². The average Bonchev–Trinajstić information content (AvgIpc) is 2.55. The Hall–Kier alpha value is -2.27. The highest BCUT2D eigenvalue weighted by Gasteiger charge is 2.32. The van der Waals surface area contributed by atoms with Gasteiger partial charge in [-0.25, -0.2) is 4.79 Å². The average molecular weight is 329 g/mol. The number of anilines is 1. The molecular formula is C18H19NO3S. The Bertz CT molecular complexity index is 658. The number of benzene rings is 2. The van der Waals surface area contributed by atoms with Crippen molar-refractivity contribution in [3.05, 3.63) is 66.2 Å². The van der Waals surface area contributed by atoms with Crippen LogP contribution < -0.4 is 4.90 Å². The summed E-state index contributed by atoms with van der Waals surface area (Å²) in [6.07, 6.45) is 0.233. The molecule has 4 nitrogen and oxygen atoms in total. The van der Waals surface area contributed by atoms with E-state index in [-0.39, 0.29) is 12.3 Å². The lowest BCUT2D eigenvalue weighted by Crippen LogP contribution is -2.49. The Balaban J connectivity index is 2.41. The van der Waals surface area contributed by atoms with Crippen LogP contribution >= 0.6 is 12.6 Å². The van der Waals surface area contributed by atoms with E-state index in [2.05, 4.69) is 12.6 Å². The molecule has 0 aliphatic heterocycles. The number of rotatable bonds is 6. The number of para-hydroxylation sites is 1. The fraction of sp³-hybridized carbons (Fsp3) is 0.222. The summed E-state index contributed by atoms with van der Waals surface area (Å²) in [4.78, 5) is 25.7. The third-order valence-corrected chi connectivity index (χ3v) is 3.72. The van der Waals surface area contributed by atoms with Gasteiger partial charge in [0.15, 0.2) is 0 Å². The topological polar surface area (TPSA) is 57.6 Å². The molecule has 5 heteroatoms. The highest BCUT2D eigenvalue weighted by atomic mass is 32.1. The first-order valence-electron chi connectivity index (χ1n) is 7.33. The molecule has 1 N–H and O–H groups in total. The number of carbonyl (C=O) groups excluding carboxylic acids is 1. The van der Waals surface area contributed by atoms with Gasteiger partial charge in [0.05, 0.1) is 5.25 Å². The Morgan fingerprint density at radius 2 is 1.57 bits per heavy atom. The molecule has 0 spiro atoms. The standard InChI is InChI=1S/C18H19NO3S/c1-13(23)17(20)19(15-10-6-3-7-11-15)16(18(21)22)12-14-8-4-2-5-9-14/h2-11,13,16,23H,12H2,1H3,(H,21,22)/t13?,16-/m0/s1. The molecule has 2 rings (SSSR count). The number of carboxylic acids is 1. The van der Waals surface area contributed by atoms with Crippen LogP contribution in [0.25, 0.3) is 0 Å². The lowest BCUT2D eigenvalue weighted by atomic mass is 10.0. The van der Waals surface area contributed by atoms with Crippen LogP contribution in [0.2, 0.25) is 0 Å². The van der Waals surface area contributed by atoms with Crippen molar-refractivity contribution >= 4 is 30.2 Å². The van der Waals surface area contributed by atoms with Crippen LogP contribution in [-0.4, -0.2) is 28.3 Å². The number of hydrogen-bond donors (Lipinski definition) is 2. The van der Waals surface area contributed by atoms with E-state index in [1.165, 1.54) is 4.90 Å². The molecule has 0 saturated heterocycles. The first-order valence-corrected chi connectivity index (χ1v) is 7.85. The maximum Gasteiger partial charge on any atom is 0.327 e. The van der Waals surface area contributed by atoms with Crippen molar-refractivity contribution in [2.75, 3.05) is 4.90 Å². The highest BCUT2D eigenvalue weighted by molar-refractivity contribution is 7.81. The lowest BCUT2D eigenvalue weighted by molar-refractivity contribution is -0.140. The van der Waals surface area contributed by atoms with Gasteiger partial charge in [-0.15, -0.1) is 0 Å². The van der Waals surface area contributed by atoms with Crippen molar-refractivity contribution in [2.24, 2.45) is 0 Å². The van der Waals surface area contributed by atoms with Crippen molar-refractivity contribution in [2.45, 2.75) is 24.6 Å². The summed E-state index contributed by atoms with van der Waals surface area (Å²) in [5, 5.41) is 9.09. The summed E-state index contributed by atoms with van der Waals surface area (Å²) in [5.41, 5.74) is 1.42. The van der Waals surface area contributed by atoms with Crippen molar-refractivity contribution in [3.8, 4) is 0 Å². The second-order valence-corrected chi connectivity index (χ2v) is 6.04. The van der Waals surface area contributed by atoms with Crippen LogP contribution in [0.3, 0.4) is 0 Å². The molecular weight excluding hydrogens is 310 g/mol. The van der Waals surface area contributed by atoms with Crippen molar-refractivity contribution in [1.82, 2.24) is 0 Å². The van der Waals surface area contributed by atoms with E-state index in [0.29, 0.717) is 5.69 Å². The van der Waals surface area contributed by atoms with Gasteiger partial charge in [-0.2, -0.15) is 12.6 Å². The van der Waals surface area contributed by atoms with Gasteiger partial charge in [-0.1, -0.05) is 48.5 Å². The van der Waals surface area contributed by atoms with Crippen LogP contribution in [0.15, 0.2) is 60.7 Å². The second kappa shape index (κ2) is 7.83. The SMILES string of the molecule is CC(S)C(=O)N(c1ccccc1)[C@@H](Cc1ccccc1)C(=O)O. The third-order valence-electron chi connectivity index (χ3n) is 3.50. The Morgan fingerprint density at radius 1 is 1.04 bits per heavy atom. The predicted octanol–water partition coefficient (Wildman–Crippen LogP) is 3.03. The minimum absolute atomic E-state index is 0.233.